The largest absolute Gasteiger partial charge is 0.493 e. The molecule has 1 aromatic rings. The number of para-hydroxylation sites is 1. The lowest BCUT2D eigenvalue weighted by Crippen LogP contribution is -2.31. The molecule has 1 aromatic carbocycles. The monoisotopic (exact) mass is 411 g/mol. The molecule has 0 aliphatic rings. The van der Waals surface area contributed by atoms with Gasteiger partial charge in [-0.15, -0.1) is 0 Å². The fourth-order valence-corrected chi connectivity index (χ4v) is 3.23. The van der Waals surface area contributed by atoms with Crippen LogP contribution in [-0.4, -0.2) is 72.8 Å². The van der Waals surface area contributed by atoms with E-state index in [4.69, 9.17) is 23.7 Å². The summed E-state index contributed by atoms with van der Waals surface area (Å²) in [5.74, 6) is 2.13. The Morgan fingerprint density at radius 3 is 1.66 bits per heavy atom. The van der Waals surface area contributed by atoms with Gasteiger partial charge >= 0.3 is 0 Å². The number of hydrogen-bond acceptors (Lipinski definition) is 6. The third kappa shape index (κ3) is 11.3. The quantitative estimate of drug-likeness (QED) is 0.314. The number of rotatable bonds is 19. The molecule has 0 aliphatic carbocycles. The zero-order valence-electron chi connectivity index (χ0n) is 18.9. The summed E-state index contributed by atoms with van der Waals surface area (Å²) in [6.45, 7) is 5.35. The lowest BCUT2D eigenvalue weighted by molar-refractivity contribution is 0.113. The molecule has 0 amide bonds. The Labute approximate surface area is 177 Å². The molecule has 0 aliphatic heterocycles. The fraction of sp³-hybridized carbons (Fsp3) is 0.739. The molecule has 6 nitrogen and oxygen atoms in total. The predicted molar refractivity (Wildman–Crippen MR) is 118 cm³/mol. The Balaban J connectivity index is 2.07. The van der Waals surface area contributed by atoms with E-state index in [0.717, 1.165) is 50.8 Å². The van der Waals surface area contributed by atoms with Gasteiger partial charge in [-0.25, -0.2) is 0 Å². The second-order valence-electron chi connectivity index (χ2n) is 7.14. The van der Waals surface area contributed by atoms with Gasteiger partial charge in [0.15, 0.2) is 11.5 Å². The average molecular weight is 412 g/mol. The van der Waals surface area contributed by atoms with Crippen molar-refractivity contribution in [1.82, 2.24) is 4.90 Å². The van der Waals surface area contributed by atoms with Gasteiger partial charge in [-0.05, 0) is 31.5 Å². The summed E-state index contributed by atoms with van der Waals surface area (Å²) in [5, 5.41) is 0. The lowest BCUT2D eigenvalue weighted by Gasteiger charge is -2.21. The minimum atomic E-state index is 0.685. The topological polar surface area (TPSA) is 49.4 Å². The number of ether oxygens (including phenoxy) is 5. The molecule has 1 rings (SSSR count). The molecule has 0 atom stereocenters. The van der Waals surface area contributed by atoms with Gasteiger partial charge in [-0.2, -0.15) is 0 Å². The van der Waals surface area contributed by atoms with Crippen LogP contribution in [-0.2, 0) is 9.47 Å². The van der Waals surface area contributed by atoms with Crippen molar-refractivity contribution < 1.29 is 23.7 Å². The Kier molecular flexibility index (Phi) is 15.3. The number of nitrogens with zero attached hydrogens (tertiary/aromatic N) is 1. The molecule has 0 heterocycles. The van der Waals surface area contributed by atoms with Crippen LogP contribution in [0.5, 0.6) is 17.2 Å². The van der Waals surface area contributed by atoms with Crippen LogP contribution in [0.4, 0.5) is 0 Å². The van der Waals surface area contributed by atoms with Gasteiger partial charge in [-0.1, -0.05) is 38.2 Å². The Morgan fingerprint density at radius 1 is 0.621 bits per heavy atom. The van der Waals surface area contributed by atoms with Crippen molar-refractivity contribution in [3.8, 4) is 17.2 Å². The molecule has 29 heavy (non-hydrogen) atoms. The van der Waals surface area contributed by atoms with Gasteiger partial charge in [0.25, 0.3) is 0 Å². The van der Waals surface area contributed by atoms with E-state index in [0.29, 0.717) is 12.4 Å². The predicted octanol–water partition coefficient (Wildman–Crippen LogP) is 4.41. The van der Waals surface area contributed by atoms with Crippen LogP contribution < -0.4 is 14.2 Å². The molecule has 0 radical (unpaired) electrons. The smallest absolute Gasteiger partial charge is 0.203 e. The zero-order valence-corrected chi connectivity index (χ0v) is 18.9. The van der Waals surface area contributed by atoms with Gasteiger partial charge in [0.1, 0.15) is 0 Å². The van der Waals surface area contributed by atoms with E-state index < -0.39 is 0 Å². The first-order chi connectivity index (χ1) is 14.3. The van der Waals surface area contributed by atoms with E-state index in [2.05, 4.69) is 4.90 Å². The summed E-state index contributed by atoms with van der Waals surface area (Å²) in [6.07, 6.45) is 8.59. The summed E-state index contributed by atoms with van der Waals surface area (Å²) in [6, 6.07) is 5.69. The fourth-order valence-electron chi connectivity index (χ4n) is 3.23. The molecule has 0 N–H and O–H groups in total. The Hall–Kier alpha value is -1.50. The van der Waals surface area contributed by atoms with E-state index >= 15 is 0 Å². The molecule has 168 valence electrons. The maximum absolute atomic E-state index is 5.91. The van der Waals surface area contributed by atoms with Crippen molar-refractivity contribution in [1.29, 1.82) is 0 Å². The summed E-state index contributed by atoms with van der Waals surface area (Å²) in [7, 11) is 6.81. The van der Waals surface area contributed by atoms with Gasteiger partial charge in [0, 0.05) is 27.3 Å². The van der Waals surface area contributed by atoms with Crippen LogP contribution in [0.2, 0.25) is 0 Å². The van der Waals surface area contributed by atoms with E-state index in [1.54, 1.807) is 28.4 Å². The molecule has 0 fully saturated rings. The molecule has 0 spiro atoms. The third-order valence-electron chi connectivity index (χ3n) is 4.97. The highest BCUT2D eigenvalue weighted by molar-refractivity contribution is 5.51. The summed E-state index contributed by atoms with van der Waals surface area (Å²) < 4.78 is 27.0. The second-order valence-corrected chi connectivity index (χ2v) is 7.14. The molecule has 0 saturated carbocycles. The highest BCUT2D eigenvalue weighted by atomic mass is 16.5. The van der Waals surface area contributed by atoms with Gasteiger partial charge in [0.05, 0.1) is 34.0 Å². The van der Waals surface area contributed by atoms with Crippen LogP contribution in [0.3, 0.4) is 0 Å². The van der Waals surface area contributed by atoms with Crippen molar-refractivity contribution in [2.45, 2.75) is 44.9 Å². The SMILES string of the molecule is COCCN(CCCCCCCCCOc1c(OC)cccc1OC)CCOC. The molecule has 6 heteroatoms. The highest BCUT2D eigenvalue weighted by Gasteiger charge is 2.10. The first-order valence-electron chi connectivity index (χ1n) is 10.8. The number of benzene rings is 1. The van der Waals surface area contributed by atoms with E-state index in [9.17, 15) is 0 Å². The molecule has 0 saturated heterocycles. The third-order valence-corrected chi connectivity index (χ3v) is 4.97. The zero-order chi connectivity index (χ0) is 21.2. The first-order valence-corrected chi connectivity index (χ1v) is 10.8. The molecule has 0 bridgehead atoms. The minimum Gasteiger partial charge on any atom is -0.493 e. The Morgan fingerprint density at radius 2 is 1.14 bits per heavy atom. The average Bonchev–Trinajstić information content (AvgIpc) is 2.76. The maximum atomic E-state index is 5.91. The van der Waals surface area contributed by atoms with Crippen molar-refractivity contribution in [3.63, 3.8) is 0 Å². The van der Waals surface area contributed by atoms with Crippen molar-refractivity contribution in [2.24, 2.45) is 0 Å². The molecular formula is C23H41NO5. The molecule has 0 unspecified atom stereocenters. The van der Waals surface area contributed by atoms with Crippen molar-refractivity contribution in [2.75, 3.05) is 67.9 Å². The summed E-state index contributed by atoms with van der Waals surface area (Å²) >= 11 is 0. The Bertz CT molecular complexity index is 482. The first kappa shape index (κ1) is 25.5. The van der Waals surface area contributed by atoms with Gasteiger partial charge in [-0.3, -0.25) is 4.90 Å². The van der Waals surface area contributed by atoms with Crippen molar-refractivity contribution in [3.05, 3.63) is 18.2 Å². The molecular weight excluding hydrogens is 370 g/mol. The van der Waals surface area contributed by atoms with Crippen LogP contribution >= 0.6 is 0 Å². The van der Waals surface area contributed by atoms with Crippen LogP contribution in [0.25, 0.3) is 0 Å². The highest BCUT2D eigenvalue weighted by Crippen LogP contribution is 2.36. The van der Waals surface area contributed by atoms with Crippen LogP contribution in [0.1, 0.15) is 44.9 Å². The lowest BCUT2D eigenvalue weighted by atomic mass is 10.1. The van der Waals surface area contributed by atoms with E-state index in [1.807, 2.05) is 18.2 Å². The number of unbranched alkanes of at least 4 members (excludes halogenated alkanes) is 6. The number of hydrogen-bond donors (Lipinski definition) is 0. The number of methoxy groups -OCH3 is 4. The molecule has 0 aromatic heterocycles. The minimum absolute atomic E-state index is 0.685. The summed E-state index contributed by atoms with van der Waals surface area (Å²) in [5.41, 5.74) is 0. The van der Waals surface area contributed by atoms with Crippen LogP contribution in [0, 0.1) is 0 Å². The maximum Gasteiger partial charge on any atom is 0.203 e. The second kappa shape index (κ2) is 17.4. The van der Waals surface area contributed by atoms with Crippen molar-refractivity contribution >= 4 is 0 Å². The van der Waals surface area contributed by atoms with E-state index in [-0.39, 0.29) is 0 Å². The van der Waals surface area contributed by atoms with Gasteiger partial charge < -0.3 is 23.7 Å². The van der Waals surface area contributed by atoms with Gasteiger partial charge in [0.2, 0.25) is 5.75 Å². The van der Waals surface area contributed by atoms with Crippen LogP contribution in [0.15, 0.2) is 18.2 Å². The standard InChI is InChI=1S/C23H41NO5/c1-25-19-16-24(17-20-26-2)15-10-8-6-5-7-9-11-18-29-23-21(27-3)13-12-14-22(23)28-4/h12-14H,5-11,15-20H2,1-4H3. The normalized spacial score (nSPS) is 11.1. The van der Waals surface area contributed by atoms with E-state index in [1.165, 1.54) is 38.5 Å². The summed E-state index contributed by atoms with van der Waals surface area (Å²) in [4.78, 5) is 2.43.